The Morgan fingerprint density at radius 1 is 1.00 bits per heavy atom. The molecule has 2 fully saturated rings. The summed E-state index contributed by atoms with van der Waals surface area (Å²) in [6, 6.07) is 0.537. The van der Waals surface area contributed by atoms with Crippen molar-refractivity contribution < 1.29 is 16.8 Å². The van der Waals surface area contributed by atoms with E-state index in [2.05, 4.69) is 5.32 Å². The standard InChI is InChI=1S/C13H26N2O4S2/c1-14-11-3-5-12(6-4-11)15(2)21(18,19)13-7-9-20(16,17)10-8-13/h11-14H,3-10H2,1-2H3. The van der Waals surface area contributed by atoms with Crippen LogP contribution in [0.15, 0.2) is 0 Å². The Hall–Kier alpha value is -0.180. The number of nitrogens with zero attached hydrogens (tertiary/aromatic N) is 1. The highest BCUT2D eigenvalue weighted by atomic mass is 32.2. The number of nitrogens with one attached hydrogen (secondary N) is 1. The van der Waals surface area contributed by atoms with E-state index in [9.17, 15) is 16.8 Å². The summed E-state index contributed by atoms with van der Waals surface area (Å²) in [4.78, 5) is 0. The van der Waals surface area contributed by atoms with E-state index < -0.39 is 25.1 Å². The molecule has 1 saturated carbocycles. The van der Waals surface area contributed by atoms with Gasteiger partial charge in [-0.3, -0.25) is 0 Å². The van der Waals surface area contributed by atoms with Gasteiger partial charge in [0, 0.05) is 19.1 Å². The average Bonchev–Trinajstić information content (AvgIpc) is 2.46. The molecule has 0 unspecified atom stereocenters. The summed E-state index contributed by atoms with van der Waals surface area (Å²) in [6.07, 6.45) is 4.18. The molecule has 2 aliphatic rings. The van der Waals surface area contributed by atoms with Crippen molar-refractivity contribution in [3.8, 4) is 0 Å². The van der Waals surface area contributed by atoms with E-state index >= 15 is 0 Å². The maximum atomic E-state index is 12.7. The van der Waals surface area contributed by atoms with Gasteiger partial charge in [-0.15, -0.1) is 0 Å². The van der Waals surface area contributed by atoms with Crippen molar-refractivity contribution >= 4 is 19.9 Å². The second-order valence-corrected chi connectivity index (χ2v) is 10.8. The Kier molecular flexibility index (Phi) is 5.33. The molecule has 124 valence electrons. The van der Waals surface area contributed by atoms with Crippen LogP contribution in [0.2, 0.25) is 0 Å². The van der Waals surface area contributed by atoms with Gasteiger partial charge in [0.05, 0.1) is 16.8 Å². The van der Waals surface area contributed by atoms with Gasteiger partial charge in [-0.25, -0.2) is 21.1 Å². The summed E-state index contributed by atoms with van der Waals surface area (Å²) >= 11 is 0. The van der Waals surface area contributed by atoms with Crippen LogP contribution in [0.25, 0.3) is 0 Å². The van der Waals surface area contributed by atoms with Crippen molar-refractivity contribution in [1.29, 1.82) is 0 Å². The second kappa shape index (κ2) is 6.52. The van der Waals surface area contributed by atoms with Crippen LogP contribution >= 0.6 is 0 Å². The van der Waals surface area contributed by atoms with Gasteiger partial charge in [-0.05, 0) is 45.6 Å². The van der Waals surface area contributed by atoms with Gasteiger partial charge in [-0.1, -0.05) is 0 Å². The van der Waals surface area contributed by atoms with Gasteiger partial charge in [0.2, 0.25) is 10.0 Å². The van der Waals surface area contributed by atoms with E-state index in [4.69, 9.17) is 0 Å². The SMILES string of the molecule is CNC1CCC(N(C)S(=O)(=O)C2CCS(=O)(=O)CC2)CC1. The summed E-state index contributed by atoms with van der Waals surface area (Å²) in [6.45, 7) is 0. The predicted molar refractivity (Wildman–Crippen MR) is 83.5 cm³/mol. The number of hydrogen-bond donors (Lipinski definition) is 1. The van der Waals surface area contributed by atoms with Crippen LogP contribution in [0, 0.1) is 0 Å². The zero-order valence-corrected chi connectivity index (χ0v) is 14.4. The Morgan fingerprint density at radius 3 is 2.00 bits per heavy atom. The molecular formula is C13H26N2O4S2. The third kappa shape index (κ3) is 3.97. The minimum absolute atomic E-state index is 0.00275. The highest BCUT2D eigenvalue weighted by molar-refractivity contribution is 7.92. The maximum Gasteiger partial charge on any atom is 0.217 e. The first-order valence-corrected chi connectivity index (χ1v) is 10.9. The van der Waals surface area contributed by atoms with Crippen LogP contribution in [0.5, 0.6) is 0 Å². The monoisotopic (exact) mass is 338 g/mol. The molecule has 6 nitrogen and oxygen atoms in total. The topological polar surface area (TPSA) is 83.6 Å². The van der Waals surface area contributed by atoms with E-state index in [0.717, 1.165) is 25.7 Å². The molecule has 0 spiro atoms. The predicted octanol–water partition coefficient (Wildman–Crippen LogP) is 0.356. The molecule has 0 amide bonds. The Balaban J connectivity index is 1.99. The summed E-state index contributed by atoms with van der Waals surface area (Å²) in [7, 11) is -2.82. The van der Waals surface area contributed by atoms with Crippen molar-refractivity contribution in [2.75, 3.05) is 25.6 Å². The first-order chi connectivity index (χ1) is 9.76. The molecule has 0 aromatic carbocycles. The molecule has 1 heterocycles. The number of sulfone groups is 1. The van der Waals surface area contributed by atoms with Gasteiger partial charge in [0.25, 0.3) is 0 Å². The summed E-state index contributed by atoms with van der Waals surface area (Å²) in [5.41, 5.74) is 0. The molecule has 1 N–H and O–H groups in total. The quantitative estimate of drug-likeness (QED) is 0.800. The Bertz CT molecular complexity index is 537. The summed E-state index contributed by atoms with van der Waals surface area (Å²) < 4.78 is 49.7. The second-order valence-electron chi connectivity index (χ2n) is 6.21. The largest absolute Gasteiger partial charge is 0.317 e. The van der Waals surface area contributed by atoms with Crippen molar-refractivity contribution in [2.45, 2.75) is 55.9 Å². The molecular weight excluding hydrogens is 312 g/mol. The highest BCUT2D eigenvalue weighted by Crippen LogP contribution is 2.28. The first-order valence-electron chi connectivity index (χ1n) is 7.61. The zero-order valence-electron chi connectivity index (χ0n) is 12.8. The van der Waals surface area contributed by atoms with E-state index in [0.29, 0.717) is 6.04 Å². The van der Waals surface area contributed by atoms with Crippen molar-refractivity contribution in [3.63, 3.8) is 0 Å². The van der Waals surface area contributed by atoms with E-state index in [1.807, 2.05) is 7.05 Å². The fraction of sp³-hybridized carbons (Fsp3) is 1.00. The minimum atomic E-state index is -3.39. The van der Waals surface area contributed by atoms with Gasteiger partial charge >= 0.3 is 0 Å². The smallest absolute Gasteiger partial charge is 0.217 e. The van der Waals surface area contributed by atoms with Crippen molar-refractivity contribution in [2.24, 2.45) is 0 Å². The van der Waals surface area contributed by atoms with Crippen LogP contribution in [0.3, 0.4) is 0 Å². The van der Waals surface area contributed by atoms with Crippen LogP contribution in [-0.4, -0.2) is 64.1 Å². The molecule has 0 aromatic heterocycles. The fourth-order valence-electron chi connectivity index (χ4n) is 3.34. The molecule has 0 radical (unpaired) electrons. The molecule has 1 aliphatic carbocycles. The molecule has 0 atom stereocenters. The van der Waals surface area contributed by atoms with Gasteiger partial charge in [0.15, 0.2) is 0 Å². The van der Waals surface area contributed by atoms with E-state index in [1.165, 1.54) is 4.31 Å². The molecule has 2 rings (SSSR count). The van der Waals surface area contributed by atoms with Crippen LogP contribution in [-0.2, 0) is 19.9 Å². The number of rotatable bonds is 4. The van der Waals surface area contributed by atoms with E-state index in [1.54, 1.807) is 7.05 Å². The van der Waals surface area contributed by atoms with E-state index in [-0.39, 0.29) is 30.4 Å². The first kappa shape index (κ1) is 17.2. The lowest BCUT2D eigenvalue weighted by atomic mass is 9.91. The summed E-state index contributed by atoms with van der Waals surface area (Å²) in [5.74, 6) is -0.00549. The van der Waals surface area contributed by atoms with Gasteiger partial charge in [-0.2, -0.15) is 0 Å². The molecule has 0 bridgehead atoms. The third-order valence-electron chi connectivity index (χ3n) is 4.94. The Morgan fingerprint density at radius 2 is 1.52 bits per heavy atom. The molecule has 1 aliphatic heterocycles. The zero-order chi connectivity index (χ0) is 15.7. The van der Waals surface area contributed by atoms with Crippen LogP contribution in [0.1, 0.15) is 38.5 Å². The van der Waals surface area contributed by atoms with Crippen molar-refractivity contribution in [3.05, 3.63) is 0 Å². The minimum Gasteiger partial charge on any atom is -0.317 e. The third-order valence-corrected chi connectivity index (χ3v) is 9.07. The molecule has 0 aromatic rings. The Labute approximate surface area is 128 Å². The lowest BCUT2D eigenvalue weighted by molar-refractivity contribution is 0.252. The van der Waals surface area contributed by atoms with Gasteiger partial charge in [0.1, 0.15) is 9.84 Å². The molecule has 8 heteroatoms. The van der Waals surface area contributed by atoms with Crippen molar-refractivity contribution in [1.82, 2.24) is 9.62 Å². The lowest BCUT2D eigenvalue weighted by Crippen LogP contribution is -2.47. The maximum absolute atomic E-state index is 12.7. The lowest BCUT2D eigenvalue weighted by Gasteiger charge is -2.36. The number of hydrogen-bond acceptors (Lipinski definition) is 5. The van der Waals surface area contributed by atoms with Crippen LogP contribution < -0.4 is 5.32 Å². The molecule has 21 heavy (non-hydrogen) atoms. The fourth-order valence-corrected chi connectivity index (χ4v) is 7.06. The summed E-state index contributed by atoms with van der Waals surface area (Å²) in [5, 5.41) is 2.71. The average molecular weight is 338 g/mol. The normalized spacial score (nSPS) is 31.4. The number of sulfonamides is 1. The van der Waals surface area contributed by atoms with Gasteiger partial charge < -0.3 is 5.32 Å². The highest BCUT2D eigenvalue weighted by Gasteiger charge is 2.38. The molecule has 1 saturated heterocycles. The van der Waals surface area contributed by atoms with Crippen LogP contribution in [0.4, 0.5) is 0 Å².